The molecule has 128 valence electrons. The van der Waals surface area contributed by atoms with E-state index in [4.69, 9.17) is 0 Å². The van der Waals surface area contributed by atoms with Gasteiger partial charge in [0.2, 0.25) is 0 Å². The smallest absolute Gasteiger partial charge is 0.258 e. The van der Waals surface area contributed by atoms with Gasteiger partial charge in [-0.05, 0) is 12.5 Å². The van der Waals surface area contributed by atoms with E-state index in [1.165, 1.54) is 4.88 Å². The van der Waals surface area contributed by atoms with Crippen molar-refractivity contribution >= 4 is 17.2 Å². The van der Waals surface area contributed by atoms with Crippen molar-refractivity contribution in [2.45, 2.75) is 38.5 Å². The Morgan fingerprint density at radius 3 is 2.67 bits per heavy atom. The summed E-state index contributed by atoms with van der Waals surface area (Å²) in [5.74, 6) is -0.486. The lowest BCUT2D eigenvalue weighted by Crippen LogP contribution is -2.50. The zero-order valence-corrected chi connectivity index (χ0v) is 14.6. The van der Waals surface area contributed by atoms with Crippen molar-refractivity contribution in [2.24, 2.45) is 0 Å². The maximum Gasteiger partial charge on any atom is 0.258 e. The number of hydrogen-bond acceptors (Lipinski definition) is 4. The van der Waals surface area contributed by atoms with Crippen LogP contribution in [-0.2, 0) is 17.9 Å². The van der Waals surface area contributed by atoms with Crippen molar-refractivity contribution in [3.8, 4) is 0 Å². The zero-order chi connectivity index (χ0) is 17.0. The van der Waals surface area contributed by atoms with E-state index in [0.717, 1.165) is 17.8 Å². The van der Waals surface area contributed by atoms with Crippen LogP contribution in [0, 0.1) is 6.92 Å². The number of thiazole rings is 1. The molecule has 4 nitrogen and oxygen atoms in total. The molecule has 0 unspecified atom stereocenters. The first-order valence-electron chi connectivity index (χ1n) is 8.19. The Morgan fingerprint density at radius 2 is 2.04 bits per heavy atom. The van der Waals surface area contributed by atoms with Crippen molar-refractivity contribution in [3.63, 3.8) is 0 Å². The van der Waals surface area contributed by atoms with Crippen LogP contribution in [0.2, 0.25) is 0 Å². The largest absolute Gasteiger partial charge is 0.349 e. The molecule has 1 amide bonds. The lowest BCUT2D eigenvalue weighted by atomic mass is 9.92. The molecule has 1 aromatic heterocycles. The molecular weight excluding hydrogens is 325 g/mol. The van der Waals surface area contributed by atoms with Crippen LogP contribution in [0.15, 0.2) is 35.8 Å². The van der Waals surface area contributed by atoms with Gasteiger partial charge in [0.1, 0.15) is 0 Å². The van der Waals surface area contributed by atoms with Gasteiger partial charge in [0, 0.05) is 43.9 Å². The summed E-state index contributed by atoms with van der Waals surface area (Å²) < 4.78 is 15.0. The van der Waals surface area contributed by atoms with Crippen LogP contribution in [0.4, 0.5) is 4.39 Å². The summed E-state index contributed by atoms with van der Waals surface area (Å²) in [4.78, 5) is 19.9. The van der Waals surface area contributed by atoms with Gasteiger partial charge in [-0.3, -0.25) is 9.69 Å². The summed E-state index contributed by atoms with van der Waals surface area (Å²) in [6.07, 6.45) is 0.483. The molecule has 0 radical (unpaired) electrons. The highest BCUT2D eigenvalue weighted by molar-refractivity contribution is 7.09. The Hall–Kier alpha value is -1.79. The Morgan fingerprint density at radius 1 is 1.33 bits per heavy atom. The standard InChI is InChI=1S/C18H22FN3OS/c1-14-16(24-13-21-14)12-22-9-7-18(19,8-10-22)17(23)20-11-15-5-3-2-4-6-15/h2-6,13H,7-12H2,1H3,(H,20,23). The van der Waals surface area contributed by atoms with Gasteiger partial charge in [-0.25, -0.2) is 9.37 Å². The number of carbonyl (C=O) groups is 1. The molecule has 24 heavy (non-hydrogen) atoms. The number of halogens is 1. The van der Waals surface area contributed by atoms with Crippen LogP contribution < -0.4 is 5.32 Å². The highest BCUT2D eigenvalue weighted by Crippen LogP contribution is 2.28. The molecule has 0 spiro atoms. The van der Waals surface area contributed by atoms with Gasteiger partial charge in [-0.2, -0.15) is 0 Å². The number of likely N-dealkylation sites (tertiary alicyclic amines) is 1. The lowest BCUT2D eigenvalue weighted by molar-refractivity contribution is -0.136. The fourth-order valence-corrected chi connectivity index (χ4v) is 3.73. The third-order valence-electron chi connectivity index (χ3n) is 4.56. The minimum atomic E-state index is -1.76. The average molecular weight is 347 g/mol. The zero-order valence-electron chi connectivity index (χ0n) is 13.8. The number of amides is 1. The molecule has 0 bridgehead atoms. The number of carbonyl (C=O) groups excluding carboxylic acids is 1. The van der Waals surface area contributed by atoms with Gasteiger partial charge in [0.15, 0.2) is 5.67 Å². The number of piperidine rings is 1. The second kappa shape index (κ2) is 7.40. The number of nitrogens with one attached hydrogen (secondary N) is 1. The second-order valence-electron chi connectivity index (χ2n) is 6.27. The van der Waals surface area contributed by atoms with E-state index >= 15 is 0 Å². The number of rotatable bonds is 5. The fraction of sp³-hybridized carbons (Fsp3) is 0.444. The SMILES string of the molecule is Cc1ncsc1CN1CCC(F)(C(=O)NCc2ccccc2)CC1. The molecule has 3 rings (SSSR count). The quantitative estimate of drug-likeness (QED) is 0.904. The van der Waals surface area contributed by atoms with Crippen LogP contribution >= 0.6 is 11.3 Å². The molecule has 6 heteroatoms. The Balaban J connectivity index is 1.50. The summed E-state index contributed by atoms with van der Waals surface area (Å²) in [7, 11) is 0. The maximum atomic E-state index is 15.0. The first-order valence-corrected chi connectivity index (χ1v) is 9.07. The van der Waals surface area contributed by atoms with Crippen LogP contribution in [0.5, 0.6) is 0 Å². The van der Waals surface area contributed by atoms with Gasteiger partial charge in [-0.15, -0.1) is 11.3 Å². The molecule has 0 atom stereocenters. The normalized spacial score (nSPS) is 17.6. The first-order chi connectivity index (χ1) is 11.6. The first kappa shape index (κ1) is 17.0. The molecular formula is C18H22FN3OS. The summed E-state index contributed by atoms with van der Waals surface area (Å²) in [5.41, 5.74) is 2.10. The van der Waals surface area contributed by atoms with E-state index < -0.39 is 11.6 Å². The molecule has 2 heterocycles. The van der Waals surface area contributed by atoms with Crippen molar-refractivity contribution in [2.75, 3.05) is 13.1 Å². The number of hydrogen-bond donors (Lipinski definition) is 1. The lowest BCUT2D eigenvalue weighted by Gasteiger charge is -2.35. The molecule has 1 N–H and O–H groups in total. The third-order valence-corrected chi connectivity index (χ3v) is 5.48. The summed E-state index contributed by atoms with van der Waals surface area (Å²) >= 11 is 1.63. The molecule has 1 aliphatic heterocycles. The van der Waals surface area contributed by atoms with E-state index in [2.05, 4.69) is 15.2 Å². The topological polar surface area (TPSA) is 45.2 Å². The predicted octanol–water partition coefficient (Wildman–Crippen LogP) is 3.07. The highest BCUT2D eigenvalue weighted by atomic mass is 32.1. The third kappa shape index (κ3) is 3.99. The second-order valence-corrected chi connectivity index (χ2v) is 7.21. The number of alkyl halides is 1. The Kier molecular flexibility index (Phi) is 5.26. The van der Waals surface area contributed by atoms with Crippen molar-refractivity contribution in [1.82, 2.24) is 15.2 Å². The summed E-state index contributed by atoms with van der Waals surface area (Å²) in [5, 5.41) is 2.74. The van der Waals surface area contributed by atoms with Gasteiger partial charge in [0.05, 0.1) is 11.2 Å². The van der Waals surface area contributed by atoms with Gasteiger partial charge in [0.25, 0.3) is 5.91 Å². The molecule has 0 saturated carbocycles. The Bertz CT molecular complexity index is 681. The van der Waals surface area contributed by atoms with Crippen LogP contribution in [0.1, 0.15) is 29.0 Å². The van der Waals surface area contributed by atoms with Crippen LogP contribution in [0.3, 0.4) is 0 Å². The van der Waals surface area contributed by atoms with Crippen LogP contribution in [-0.4, -0.2) is 34.5 Å². The number of aryl methyl sites for hydroxylation is 1. The van der Waals surface area contributed by atoms with Crippen LogP contribution in [0.25, 0.3) is 0 Å². The number of aromatic nitrogens is 1. The molecule has 1 saturated heterocycles. The Labute approximate surface area is 145 Å². The van der Waals surface area contributed by atoms with E-state index in [1.54, 1.807) is 11.3 Å². The molecule has 1 aliphatic rings. The molecule has 1 fully saturated rings. The van der Waals surface area contributed by atoms with E-state index in [1.807, 2.05) is 42.8 Å². The average Bonchev–Trinajstić information content (AvgIpc) is 3.00. The van der Waals surface area contributed by atoms with Gasteiger partial charge in [-0.1, -0.05) is 30.3 Å². The minimum Gasteiger partial charge on any atom is -0.349 e. The summed E-state index contributed by atoms with van der Waals surface area (Å²) in [6, 6.07) is 9.58. The van der Waals surface area contributed by atoms with Crippen molar-refractivity contribution < 1.29 is 9.18 Å². The molecule has 2 aromatic rings. The van der Waals surface area contributed by atoms with E-state index in [-0.39, 0.29) is 12.8 Å². The molecule has 0 aliphatic carbocycles. The summed E-state index contributed by atoms with van der Waals surface area (Å²) in [6.45, 7) is 4.33. The van der Waals surface area contributed by atoms with Gasteiger partial charge < -0.3 is 5.32 Å². The predicted molar refractivity (Wildman–Crippen MR) is 93.5 cm³/mol. The highest BCUT2D eigenvalue weighted by Gasteiger charge is 2.41. The van der Waals surface area contributed by atoms with Gasteiger partial charge >= 0.3 is 0 Å². The van der Waals surface area contributed by atoms with Crippen molar-refractivity contribution in [3.05, 3.63) is 52.0 Å². The fourth-order valence-electron chi connectivity index (χ4n) is 2.91. The number of benzene rings is 1. The van der Waals surface area contributed by atoms with E-state index in [9.17, 15) is 9.18 Å². The van der Waals surface area contributed by atoms with E-state index in [0.29, 0.717) is 19.6 Å². The number of nitrogens with zero attached hydrogens (tertiary/aromatic N) is 2. The molecule has 1 aromatic carbocycles. The van der Waals surface area contributed by atoms with Crippen molar-refractivity contribution in [1.29, 1.82) is 0 Å². The maximum absolute atomic E-state index is 15.0. The minimum absolute atomic E-state index is 0.242. The monoisotopic (exact) mass is 347 g/mol.